The van der Waals surface area contributed by atoms with Crippen LogP contribution in [0.5, 0.6) is 0 Å². The van der Waals surface area contributed by atoms with E-state index in [1.807, 2.05) is 0 Å². The summed E-state index contributed by atoms with van der Waals surface area (Å²) >= 11 is 5.64. The molecule has 0 radical (unpaired) electrons. The van der Waals surface area contributed by atoms with E-state index in [1.165, 1.54) is 19.1 Å². The summed E-state index contributed by atoms with van der Waals surface area (Å²) in [4.78, 5) is 23.4. The molecule has 0 aliphatic heterocycles. The van der Waals surface area contributed by atoms with E-state index >= 15 is 0 Å². The van der Waals surface area contributed by atoms with Crippen LogP contribution in [0.2, 0.25) is 5.02 Å². The Morgan fingerprint density at radius 1 is 1.32 bits per heavy atom. The van der Waals surface area contributed by atoms with Gasteiger partial charge in [0, 0.05) is 5.02 Å². The highest BCUT2D eigenvalue weighted by molar-refractivity contribution is 6.30. The molecular weight excluding hydrogens is 365 g/mol. The molecule has 2 heterocycles. The Labute approximate surface area is 142 Å². The number of hydrogen-bond donors (Lipinski definition) is 1. The molecule has 6 nitrogen and oxygen atoms in total. The van der Waals surface area contributed by atoms with Gasteiger partial charge in [-0.2, -0.15) is 23.0 Å². The number of rotatable bonds is 2. The van der Waals surface area contributed by atoms with Gasteiger partial charge in [-0.25, -0.2) is 4.79 Å². The first-order valence-corrected chi connectivity index (χ1v) is 7.11. The molecule has 0 unspecified atom stereocenters. The molecule has 2 aromatic heterocycles. The number of alkyl halides is 3. The molecule has 0 saturated carbocycles. The van der Waals surface area contributed by atoms with Gasteiger partial charge in [0.15, 0.2) is 0 Å². The van der Waals surface area contributed by atoms with E-state index in [4.69, 9.17) is 21.1 Å². The third kappa shape index (κ3) is 2.86. The standard InChI is InChI=1S/C15H8ClF3N2O4/c1-6-4-8-12(22)11(14(23)24)20-21(13(8)25-6)10-3-2-7(16)5-9(10)15(17,18)19/h2-5H,1H3,(H,23,24). The Morgan fingerprint density at radius 2 is 2.00 bits per heavy atom. The third-order valence-corrected chi connectivity index (χ3v) is 3.62. The maximum atomic E-state index is 13.3. The topological polar surface area (TPSA) is 85.3 Å². The lowest BCUT2D eigenvalue weighted by Crippen LogP contribution is -2.23. The van der Waals surface area contributed by atoms with Gasteiger partial charge >= 0.3 is 12.1 Å². The lowest BCUT2D eigenvalue weighted by atomic mass is 10.1. The van der Waals surface area contributed by atoms with Crippen LogP contribution in [-0.2, 0) is 6.18 Å². The van der Waals surface area contributed by atoms with Crippen molar-refractivity contribution in [1.29, 1.82) is 0 Å². The molecule has 0 bridgehead atoms. The van der Waals surface area contributed by atoms with Gasteiger partial charge in [-0.3, -0.25) is 4.79 Å². The second kappa shape index (κ2) is 5.62. The number of carboxylic acid groups (broad SMARTS) is 1. The molecule has 0 fully saturated rings. The Kier molecular flexibility index (Phi) is 3.83. The van der Waals surface area contributed by atoms with Gasteiger partial charge in [0.2, 0.25) is 16.8 Å². The lowest BCUT2D eigenvalue weighted by molar-refractivity contribution is -0.137. The van der Waals surface area contributed by atoms with Crippen LogP contribution in [0, 0.1) is 6.92 Å². The van der Waals surface area contributed by atoms with E-state index in [0.717, 1.165) is 6.07 Å². The summed E-state index contributed by atoms with van der Waals surface area (Å²) in [5.74, 6) is -1.45. The minimum absolute atomic E-state index is 0.164. The Balaban J connectivity index is 2.47. The highest BCUT2D eigenvalue weighted by atomic mass is 35.5. The van der Waals surface area contributed by atoms with Gasteiger partial charge < -0.3 is 9.52 Å². The monoisotopic (exact) mass is 372 g/mol. The van der Waals surface area contributed by atoms with E-state index in [-0.39, 0.29) is 21.9 Å². The zero-order chi connectivity index (χ0) is 18.5. The molecule has 25 heavy (non-hydrogen) atoms. The molecule has 0 amide bonds. The van der Waals surface area contributed by atoms with Gasteiger partial charge in [-0.1, -0.05) is 11.6 Å². The molecule has 0 aliphatic rings. The fourth-order valence-electron chi connectivity index (χ4n) is 2.36. The smallest absolute Gasteiger partial charge is 0.418 e. The quantitative estimate of drug-likeness (QED) is 0.742. The average Bonchev–Trinajstić information content (AvgIpc) is 2.89. The van der Waals surface area contributed by atoms with Crippen LogP contribution in [-0.4, -0.2) is 20.9 Å². The van der Waals surface area contributed by atoms with E-state index in [1.54, 1.807) is 0 Å². The molecule has 0 aliphatic carbocycles. The minimum atomic E-state index is -4.79. The van der Waals surface area contributed by atoms with Crippen LogP contribution < -0.4 is 5.43 Å². The summed E-state index contributed by atoms with van der Waals surface area (Å²) in [6, 6.07) is 4.13. The van der Waals surface area contributed by atoms with Crippen LogP contribution in [0.4, 0.5) is 13.2 Å². The molecule has 1 N–H and O–H groups in total. The lowest BCUT2D eigenvalue weighted by Gasteiger charge is -2.15. The van der Waals surface area contributed by atoms with Gasteiger partial charge in [-0.05, 0) is 31.2 Å². The summed E-state index contributed by atoms with van der Waals surface area (Å²) in [6.45, 7) is 1.47. The normalized spacial score (nSPS) is 11.9. The first-order valence-electron chi connectivity index (χ1n) is 6.73. The van der Waals surface area contributed by atoms with Crippen LogP contribution in [0.3, 0.4) is 0 Å². The molecule has 130 valence electrons. The fraction of sp³-hybridized carbons (Fsp3) is 0.133. The van der Waals surface area contributed by atoms with E-state index < -0.39 is 34.5 Å². The van der Waals surface area contributed by atoms with Crippen LogP contribution in [0.25, 0.3) is 16.8 Å². The van der Waals surface area contributed by atoms with Crippen molar-refractivity contribution >= 4 is 28.7 Å². The van der Waals surface area contributed by atoms with Crippen molar-refractivity contribution in [3.63, 3.8) is 0 Å². The summed E-state index contributed by atoms with van der Waals surface area (Å²) in [5.41, 5.74) is -3.82. The molecule has 1 aromatic carbocycles. The number of nitrogens with zero attached hydrogens (tertiary/aromatic N) is 2. The van der Waals surface area contributed by atoms with Crippen molar-refractivity contribution in [2.24, 2.45) is 0 Å². The highest BCUT2D eigenvalue weighted by Gasteiger charge is 2.35. The van der Waals surface area contributed by atoms with Crippen molar-refractivity contribution in [1.82, 2.24) is 9.78 Å². The highest BCUT2D eigenvalue weighted by Crippen LogP contribution is 2.36. The number of carbonyl (C=O) groups is 1. The minimum Gasteiger partial charge on any atom is -0.476 e. The van der Waals surface area contributed by atoms with Crippen molar-refractivity contribution in [3.8, 4) is 5.69 Å². The molecule has 0 spiro atoms. The third-order valence-electron chi connectivity index (χ3n) is 3.38. The number of aryl methyl sites for hydroxylation is 1. The van der Waals surface area contributed by atoms with E-state index in [0.29, 0.717) is 10.7 Å². The van der Waals surface area contributed by atoms with Crippen molar-refractivity contribution in [2.45, 2.75) is 13.1 Å². The summed E-state index contributed by atoms with van der Waals surface area (Å²) in [7, 11) is 0. The zero-order valence-electron chi connectivity index (χ0n) is 12.4. The number of aromatic nitrogens is 2. The maximum Gasteiger partial charge on any atom is 0.418 e. The second-order valence-electron chi connectivity index (χ2n) is 5.13. The molecule has 10 heteroatoms. The summed E-state index contributed by atoms with van der Waals surface area (Å²) in [6.07, 6.45) is -4.79. The molecule has 0 atom stereocenters. The van der Waals surface area contributed by atoms with Gasteiger partial charge in [-0.15, -0.1) is 0 Å². The number of aromatic carboxylic acids is 1. The SMILES string of the molecule is Cc1cc2c(=O)c(C(=O)O)nn(-c3ccc(Cl)cc3C(F)(F)F)c2o1. The van der Waals surface area contributed by atoms with Crippen LogP contribution in [0.1, 0.15) is 21.8 Å². The predicted molar refractivity (Wildman–Crippen MR) is 81.3 cm³/mol. The van der Waals surface area contributed by atoms with Crippen LogP contribution in [0.15, 0.2) is 33.5 Å². The van der Waals surface area contributed by atoms with Gasteiger partial charge in [0.25, 0.3) is 0 Å². The molecule has 3 aromatic rings. The van der Waals surface area contributed by atoms with Gasteiger partial charge in [0.05, 0.1) is 16.6 Å². The number of carboxylic acids is 1. The van der Waals surface area contributed by atoms with E-state index in [2.05, 4.69) is 5.10 Å². The first kappa shape index (κ1) is 17.0. The predicted octanol–water partition coefficient (Wildman–Crippen LogP) is 3.66. The number of halogens is 4. The second-order valence-corrected chi connectivity index (χ2v) is 5.57. The number of hydrogen-bond acceptors (Lipinski definition) is 4. The number of benzene rings is 1. The summed E-state index contributed by atoms with van der Waals surface area (Å²) in [5, 5.41) is 12.3. The van der Waals surface area contributed by atoms with Crippen LogP contribution >= 0.6 is 11.6 Å². The Hall–Kier alpha value is -2.81. The Morgan fingerprint density at radius 3 is 2.60 bits per heavy atom. The van der Waals surface area contributed by atoms with E-state index in [9.17, 15) is 22.8 Å². The molecule has 3 rings (SSSR count). The van der Waals surface area contributed by atoms with Gasteiger partial charge in [0.1, 0.15) is 5.76 Å². The number of fused-ring (bicyclic) bond motifs is 1. The molecule has 0 saturated heterocycles. The van der Waals surface area contributed by atoms with Crippen molar-refractivity contribution < 1.29 is 27.5 Å². The number of furan rings is 1. The maximum absolute atomic E-state index is 13.3. The van der Waals surface area contributed by atoms with Crippen molar-refractivity contribution in [2.75, 3.05) is 0 Å². The molecular formula is C15H8ClF3N2O4. The average molecular weight is 373 g/mol. The summed E-state index contributed by atoms with van der Waals surface area (Å²) < 4.78 is 46.0. The van der Waals surface area contributed by atoms with Crippen molar-refractivity contribution in [3.05, 3.63) is 56.5 Å². The fourth-order valence-corrected chi connectivity index (χ4v) is 2.54. The Bertz CT molecular complexity index is 1070. The zero-order valence-corrected chi connectivity index (χ0v) is 13.1. The first-order chi connectivity index (χ1) is 11.6. The largest absolute Gasteiger partial charge is 0.476 e.